The van der Waals surface area contributed by atoms with E-state index in [-0.39, 0.29) is 17.5 Å². The van der Waals surface area contributed by atoms with Crippen LogP contribution >= 0.6 is 0 Å². The molecule has 1 N–H and O–H groups in total. The number of hydrogen-bond donors (Lipinski definition) is 1. The Hall–Kier alpha value is -3.19. The Morgan fingerprint density at radius 2 is 1.77 bits per heavy atom. The van der Waals surface area contributed by atoms with Crippen molar-refractivity contribution in [2.24, 2.45) is 0 Å². The van der Waals surface area contributed by atoms with Crippen LogP contribution in [-0.4, -0.2) is 41.2 Å². The maximum Gasteiger partial charge on any atom is 0.289 e. The zero-order valence-electron chi connectivity index (χ0n) is 16.1. The first kappa shape index (κ1) is 20.1. The lowest BCUT2D eigenvalue weighted by Crippen LogP contribution is -2.32. The summed E-state index contributed by atoms with van der Waals surface area (Å²) in [5.74, 6) is -0.0634. The highest BCUT2D eigenvalue weighted by Gasteiger charge is 2.30. The summed E-state index contributed by atoms with van der Waals surface area (Å²) < 4.78 is 37.9. The summed E-state index contributed by atoms with van der Waals surface area (Å²) >= 11 is 0. The summed E-state index contributed by atoms with van der Waals surface area (Å²) in [6.07, 6.45) is -0.597. The zero-order valence-corrected chi connectivity index (χ0v) is 16.1. The first-order valence-corrected chi connectivity index (χ1v) is 9.75. The number of aliphatic hydroxyl groups is 1. The van der Waals surface area contributed by atoms with Gasteiger partial charge < -0.3 is 19.2 Å². The van der Waals surface area contributed by atoms with E-state index < -0.39 is 18.0 Å². The van der Waals surface area contributed by atoms with Crippen LogP contribution in [0.2, 0.25) is 0 Å². The summed E-state index contributed by atoms with van der Waals surface area (Å²) in [6.45, 7) is 0.706. The molecule has 0 radical (unpaired) electrons. The second kappa shape index (κ2) is 8.67. The van der Waals surface area contributed by atoms with Crippen LogP contribution in [0.5, 0.6) is 5.75 Å². The monoisotopic (exact) mass is 413 g/mol. The van der Waals surface area contributed by atoms with Crippen LogP contribution in [0.4, 0.5) is 8.78 Å². The number of aliphatic hydroxyl groups excluding tert-OH is 1. The van der Waals surface area contributed by atoms with Crippen molar-refractivity contribution in [1.29, 1.82) is 0 Å². The molecule has 1 aliphatic rings. The number of hydrogen-bond acceptors (Lipinski definition) is 4. The fourth-order valence-electron chi connectivity index (χ4n) is 3.49. The number of benzene rings is 2. The van der Waals surface area contributed by atoms with Gasteiger partial charge in [-0.1, -0.05) is 6.07 Å². The van der Waals surface area contributed by atoms with Gasteiger partial charge >= 0.3 is 0 Å². The predicted molar refractivity (Wildman–Crippen MR) is 106 cm³/mol. The Labute approximate surface area is 172 Å². The van der Waals surface area contributed by atoms with Crippen LogP contribution in [0.3, 0.4) is 0 Å². The Balaban J connectivity index is 1.42. The molecule has 1 aromatic heterocycles. The number of halogens is 2. The minimum absolute atomic E-state index is 0.174. The molecule has 0 spiro atoms. The van der Waals surface area contributed by atoms with Crippen molar-refractivity contribution in [3.8, 4) is 17.1 Å². The van der Waals surface area contributed by atoms with Gasteiger partial charge in [-0.3, -0.25) is 4.79 Å². The molecule has 2 aromatic carbocycles. The van der Waals surface area contributed by atoms with Gasteiger partial charge in [0.15, 0.2) is 5.76 Å². The molecule has 2 atom stereocenters. The highest BCUT2D eigenvalue weighted by atomic mass is 19.1. The molecule has 7 heteroatoms. The van der Waals surface area contributed by atoms with Gasteiger partial charge in [-0.25, -0.2) is 8.78 Å². The molecule has 1 aliphatic heterocycles. The molecule has 5 nitrogen and oxygen atoms in total. The molecule has 156 valence electrons. The average molecular weight is 413 g/mol. The third kappa shape index (κ3) is 4.52. The maximum atomic E-state index is 13.4. The second-order valence-electron chi connectivity index (χ2n) is 7.22. The van der Waals surface area contributed by atoms with Gasteiger partial charge in [-0.15, -0.1) is 0 Å². The molecule has 0 unspecified atom stereocenters. The fraction of sp³-hybridized carbons (Fsp3) is 0.261. The third-order valence-corrected chi connectivity index (χ3v) is 5.12. The highest BCUT2D eigenvalue weighted by molar-refractivity contribution is 5.92. The Morgan fingerprint density at radius 1 is 1.00 bits per heavy atom. The van der Waals surface area contributed by atoms with Gasteiger partial charge in [-0.05, 0) is 55.0 Å². The number of amides is 1. The van der Waals surface area contributed by atoms with Crippen LogP contribution in [0.15, 0.2) is 65.1 Å². The summed E-state index contributed by atoms with van der Waals surface area (Å²) in [7, 11) is 0. The van der Waals surface area contributed by atoms with E-state index in [0.29, 0.717) is 43.0 Å². The SMILES string of the molecule is O=C(c1ccc(-c2ccc(F)cc2)o1)N1CC[C@H](Oc2cccc(F)c2)[C@@H](O)CC1. The Morgan fingerprint density at radius 3 is 2.53 bits per heavy atom. The second-order valence-corrected chi connectivity index (χ2v) is 7.22. The van der Waals surface area contributed by atoms with Crippen molar-refractivity contribution in [3.63, 3.8) is 0 Å². The maximum absolute atomic E-state index is 13.4. The molecule has 0 bridgehead atoms. The molecule has 30 heavy (non-hydrogen) atoms. The molecule has 1 fully saturated rings. The summed E-state index contributed by atoms with van der Waals surface area (Å²) in [6, 6.07) is 14.8. The van der Waals surface area contributed by atoms with Crippen LogP contribution in [0.1, 0.15) is 23.4 Å². The van der Waals surface area contributed by atoms with Crippen molar-refractivity contribution in [3.05, 3.63) is 78.1 Å². The van der Waals surface area contributed by atoms with Crippen molar-refractivity contribution in [2.45, 2.75) is 25.0 Å². The molecule has 0 aliphatic carbocycles. The van der Waals surface area contributed by atoms with Crippen molar-refractivity contribution >= 4 is 5.91 Å². The molecule has 0 saturated carbocycles. The topological polar surface area (TPSA) is 62.9 Å². The van der Waals surface area contributed by atoms with Gasteiger partial charge in [0.1, 0.15) is 29.2 Å². The Bertz CT molecular complexity index is 1020. The summed E-state index contributed by atoms with van der Waals surface area (Å²) in [4.78, 5) is 14.5. The molecular formula is C23H21F2NO4. The number of nitrogens with zero attached hydrogens (tertiary/aromatic N) is 1. The number of rotatable bonds is 4. The van der Waals surface area contributed by atoms with E-state index in [1.54, 1.807) is 41.3 Å². The number of carbonyl (C=O) groups is 1. The smallest absolute Gasteiger partial charge is 0.289 e. The van der Waals surface area contributed by atoms with Crippen LogP contribution in [-0.2, 0) is 0 Å². The van der Waals surface area contributed by atoms with E-state index in [2.05, 4.69) is 0 Å². The van der Waals surface area contributed by atoms with Crippen molar-refractivity contribution < 1.29 is 27.8 Å². The molecule has 4 rings (SSSR count). The van der Waals surface area contributed by atoms with Gasteiger partial charge in [0, 0.05) is 31.1 Å². The van der Waals surface area contributed by atoms with E-state index in [1.165, 1.54) is 24.3 Å². The van der Waals surface area contributed by atoms with E-state index in [1.807, 2.05) is 0 Å². The van der Waals surface area contributed by atoms with E-state index in [0.717, 1.165) is 0 Å². The molecule has 1 amide bonds. The van der Waals surface area contributed by atoms with Crippen LogP contribution in [0, 0.1) is 11.6 Å². The number of ether oxygens (including phenoxy) is 1. The van der Waals surface area contributed by atoms with Gasteiger partial charge in [0.05, 0.1) is 6.10 Å². The van der Waals surface area contributed by atoms with E-state index in [4.69, 9.17) is 9.15 Å². The van der Waals surface area contributed by atoms with Crippen molar-refractivity contribution in [1.82, 2.24) is 4.90 Å². The van der Waals surface area contributed by atoms with Crippen molar-refractivity contribution in [2.75, 3.05) is 13.1 Å². The lowest BCUT2D eigenvalue weighted by molar-refractivity contribution is 0.0348. The van der Waals surface area contributed by atoms with Gasteiger partial charge in [-0.2, -0.15) is 0 Å². The quantitative estimate of drug-likeness (QED) is 0.694. The fourth-order valence-corrected chi connectivity index (χ4v) is 3.49. The largest absolute Gasteiger partial charge is 0.488 e. The molecule has 1 saturated heterocycles. The van der Waals surface area contributed by atoms with E-state index in [9.17, 15) is 18.7 Å². The molecule has 2 heterocycles. The first-order chi connectivity index (χ1) is 14.5. The standard InChI is InChI=1S/C23H21F2NO4/c24-16-6-4-15(5-7-16)20-8-9-22(30-20)23(28)26-12-10-19(27)21(11-13-26)29-18-3-1-2-17(25)14-18/h1-9,14,19,21,27H,10-13H2/t19-,21-/m0/s1. The third-order valence-electron chi connectivity index (χ3n) is 5.12. The van der Waals surface area contributed by atoms with Crippen LogP contribution in [0.25, 0.3) is 11.3 Å². The molecule has 3 aromatic rings. The van der Waals surface area contributed by atoms with Crippen LogP contribution < -0.4 is 4.74 Å². The minimum Gasteiger partial charge on any atom is -0.488 e. The van der Waals surface area contributed by atoms with Gasteiger partial charge in [0.2, 0.25) is 0 Å². The number of likely N-dealkylation sites (tertiary alicyclic amines) is 1. The molecular weight excluding hydrogens is 392 g/mol. The normalized spacial score (nSPS) is 19.4. The Kier molecular flexibility index (Phi) is 5.81. The summed E-state index contributed by atoms with van der Waals surface area (Å²) in [5.41, 5.74) is 0.672. The minimum atomic E-state index is -0.780. The van der Waals surface area contributed by atoms with Gasteiger partial charge in [0.25, 0.3) is 5.91 Å². The average Bonchev–Trinajstić information content (AvgIpc) is 3.16. The summed E-state index contributed by atoms with van der Waals surface area (Å²) in [5, 5.41) is 10.4. The zero-order chi connectivity index (χ0) is 21.1. The highest BCUT2D eigenvalue weighted by Crippen LogP contribution is 2.25. The lowest BCUT2D eigenvalue weighted by Gasteiger charge is -2.21. The number of furan rings is 1. The predicted octanol–water partition coefficient (Wildman–Crippen LogP) is 4.27. The first-order valence-electron chi connectivity index (χ1n) is 9.75. The lowest BCUT2D eigenvalue weighted by atomic mass is 10.1. The van der Waals surface area contributed by atoms with E-state index >= 15 is 0 Å². The number of carbonyl (C=O) groups excluding carboxylic acids is 1.